The molecule has 0 aromatic heterocycles. The predicted molar refractivity (Wildman–Crippen MR) is 75.4 cm³/mol. The topological polar surface area (TPSA) is 67.8 Å². The van der Waals surface area contributed by atoms with Gasteiger partial charge in [0.1, 0.15) is 5.54 Å². The highest BCUT2D eigenvalue weighted by Crippen LogP contribution is 2.16. The molecule has 0 rings (SSSR count). The van der Waals surface area contributed by atoms with Gasteiger partial charge < -0.3 is 14.6 Å². The predicted octanol–water partition coefficient (Wildman–Crippen LogP) is 2.05. The van der Waals surface area contributed by atoms with Crippen molar-refractivity contribution < 1.29 is 19.4 Å². The van der Waals surface area contributed by atoms with E-state index in [2.05, 4.69) is 5.32 Å². The number of ether oxygens (including phenoxy) is 2. The first-order chi connectivity index (χ1) is 8.67. The summed E-state index contributed by atoms with van der Waals surface area (Å²) in [5.74, 6) is -0.852. The largest absolute Gasteiger partial charge is 0.480 e. The highest BCUT2D eigenvalue weighted by molar-refractivity contribution is 5.78. The van der Waals surface area contributed by atoms with Gasteiger partial charge in [0.2, 0.25) is 0 Å². The van der Waals surface area contributed by atoms with E-state index in [1.54, 1.807) is 6.92 Å². The number of carbonyl (C=O) groups is 1. The summed E-state index contributed by atoms with van der Waals surface area (Å²) in [6, 6.07) is 0.109. The number of hydrogen-bond donors (Lipinski definition) is 2. The minimum Gasteiger partial charge on any atom is -0.480 e. The molecule has 0 aromatic rings. The molecule has 0 aromatic carbocycles. The van der Waals surface area contributed by atoms with E-state index in [1.165, 1.54) is 0 Å². The Hall–Kier alpha value is -0.650. The van der Waals surface area contributed by atoms with Crippen LogP contribution in [-0.2, 0) is 14.3 Å². The van der Waals surface area contributed by atoms with Gasteiger partial charge in [-0.3, -0.25) is 10.1 Å². The second kappa shape index (κ2) is 8.51. The molecule has 0 saturated carbocycles. The Kier molecular flexibility index (Phi) is 8.22. The van der Waals surface area contributed by atoms with Crippen molar-refractivity contribution in [3.05, 3.63) is 0 Å². The van der Waals surface area contributed by atoms with Gasteiger partial charge in [-0.05, 0) is 41.5 Å². The molecule has 19 heavy (non-hydrogen) atoms. The molecule has 0 saturated heterocycles. The zero-order chi connectivity index (χ0) is 15.1. The monoisotopic (exact) mass is 275 g/mol. The van der Waals surface area contributed by atoms with E-state index in [4.69, 9.17) is 9.47 Å². The standard InChI is InChI=1S/C14H29NO4/c1-10(2)15-14(6,13(16)17)9-12(5)19-8-7-18-11(3)4/h10-12,15H,7-9H2,1-6H3,(H,16,17). The molecule has 0 amide bonds. The fourth-order valence-corrected chi connectivity index (χ4v) is 2.01. The van der Waals surface area contributed by atoms with E-state index in [0.717, 1.165) is 0 Å². The summed E-state index contributed by atoms with van der Waals surface area (Å²) < 4.78 is 11.0. The molecule has 2 N–H and O–H groups in total. The van der Waals surface area contributed by atoms with E-state index in [-0.39, 0.29) is 18.2 Å². The number of aliphatic carboxylic acids is 1. The van der Waals surface area contributed by atoms with Crippen molar-refractivity contribution in [1.82, 2.24) is 5.32 Å². The SMILES string of the molecule is CC(C)NC(C)(CC(C)OCCOC(C)C)C(=O)O. The van der Waals surface area contributed by atoms with Crippen molar-refractivity contribution in [2.24, 2.45) is 0 Å². The zero-order valence-corrected chi connectivity index (χ0v) is 13.0. The number of carboxylic acid groups (broad SMARTS) is 1. The Morgan fingerprint density at radius 3 is 2.11 bits per heavy atom. The quantitative estimate of drug-likeness (QED) is 0.597. The molecular weight excluding hydrogens is 246 g/mol. The summed E-state index contributed by atoms with van der Waals surface area (Å²) in [5.41, 5.74) is -0.966. The average molecular weight is 275 g/mol. The molecule has 0 aliphatic carbocycles. The van der Waals surface area contributed by atoms with Gasteiger partial charge in [-0.25, -0.2) is 0 Å². The Balaban J connectivity index is 4.17. The molecule has 5 heteroatoms. The maximum absolute atomic E-state index is 11.4. The lowest BCUT2D eigenvalue weighted by Gasteiger charge is -2.31. The molecule has 0 bridgehead atoms. The van der Waals surface area contributed by atoms with Crippen LogP contribution in [0.5, 0.6) is 0 Å². The Labute approximate surface area is 116 Å². The van der Waals surface area contributed by atoms with Crippen molar-refractivity contribution in [2.75, 3.05) is 13.2 Å². The van der Waals surface area contributed by atoms with Crippen molar-refractivity contribution >= 4 is 5.97 Å². The summed E-state index contributed by atoms with van der Waals surface area (Å²) in [4.78, 5) is 11.4. The minimum absolute atomic E-state index is 0.109. The lowest BCUT2D eigenvalue weighted by atomic mass is 9.94. The van der Waals surface area contributed by atoms with Crippen molar-refractivity contribution in [2.45, 2.75) is 71.8 Å². The fourth-order valence-electron chi connectivity index (χ4n) is 2.01. The first-order valence-electron chi connectivity index (χ1n) is 6.91. The number of carboxylic acids is 1. The minimum atomic E-state index is -0.966. The highest BCUT2D eigenvalue weighted by atomic mass is 16.5. The maximum Gasteiger partial charge on any atom is 0.323 e. The third-order valence-corrected chi connectivity index (χ3v) is 2.71. The van der Waals surface area contributed by atoms with E-state index in [0.29, 0.717) is 19.6 Å². The number of rotatable bonds is 10. The summed E-state index contributed by atoms with van der Waals surface area (Å²) >= 11 is 0. The molecule has 0 aliphatic heterocycles. The number of hydrogen-bond acceptors (Lipinski definition) is 4. The molecule has 0 heterocycles. The van der Waals surface area contributed by atoms with Gasteiger partial charge in [0.05, 0.1) is 25.4 Å². The van der Waals surface area contributed by atoms with Crippen LogP contribution in [0.25, 0.3) is 0 Å². The smallest absolute Gasteiger partial charge is 0.323 e. The van der Waals surface area contributed by atoms with Crippen LogP contribution in [0, 0.1) is 0 Å². The molecule has 0 spiro atoms. The van der Waals surface area contributed by atoms with Crippen LogP contribution in [0.2, 0.25) is 0 Å². The lowest BCUT2D eigenvalue weighted by Crippen LogP contribution is -2.54. The normalized spacial score (nSPS) is 16.6. The van der Waals surface area contributed by atoms with Crippen LogP contribution >= 0.6 is 0 Å². The van der Waals surface area contributed by atoms with Crippen LogP contribution in [0.4, 0.5) is 0 Å². The summed E-state index contributed by atoms with van der Waals surface area (Å²) in [5, 5.41) is 12.4. The third-order valence-electron chi connectivity index (χ3n) is 2.71. The molecule has 0 radical (unpaired) electrons. The van der Waals surface area contributed by atoms with E-state index >= 15 is 0 Å². The molecule has 0 fully saturated rings. The molecule has 5 nitrogen and oxygen atoms in total. The molecule has 2 atom stereocenters. The first-order valence-corrected chi connectivity index (χ1v) is 6.91. The Morgan fingerprint density at radius 2 is 1.68 bits per heavy atom. The summed E-state index contributed by atoms with van der Waals surface area (Å²) in [6.45, 7) is 12.4. The Morgan fingerprint density at radius 1 is 1.16 bits per heavy atom. The van der Waals surface area contributed by atoms with E-state index in [1.807, 2.05) is 34.6 Å². The molecule has 0 aliphatic rings. The van der Waals surface area contributed by atoms with Crippen molar-refractivity contribution in [1.29, 1.82) is 0 Å². The fraction of sp³-hybridized carbons (Fsp3) is 0.929. The van der Waals surface area contributed by atoms with E-state index in [9.17, 15) is 9.90 Å². The highest BCUT2D eigenvalue weighted by Gasteiger charge is 2.35. The molecule has 2 unspecified atom stereocenters. The zero-order valence-electron chi connectivity index (χ0n) is 13.0. The first kappa shape index (κ1) is 18.4. The van der Waals surface area contributed by atoms with Crippen LogP contribution in [0.1, 0.15) is 48.0 Å². The van der Waals surface area contributed by atoms with Gasteiger partial charge in [0.25, 0.3) is 0 Å². The van der Waals surface area contributed by atoms with Gasteiger partial charge in [0, 0.05) is 12.5 Å². The second-order valence-corrected chi connectivity index (χ2v) is 5.74. The van der Waals surface area contributed by atoms with Crippen LogP contribution in [0.15, 0.2) is 0 Å². The van der Waals surface area contributed by atoms with Gasteiger partial charge in [-0.2, -0.15) is 0 Å². The van der Waals surface area contributed by atoms with Crippen LogP contribution in [0.3, 0.4) is 0 Å². The van der Waals surface area contributed by atoms with Gasteiger partial charge in [0.15, 0.2) is 0 Å². The molecule has 114 valence electrons. The van der Waals surface area contributed by atoms with Gasteiger partial charge in [-0.1, -0.05) is 0 Å². The summed E-state index contributed by atoms with van der Waals surface area (Å²) in [6.07, 6.45) is 0.469. The van der Waals surface area contributed by atoms with Gasteiger partial charge in [-0.15, -0.1) is 0 Å². The van der Waals surface area contributed by atoms with Crippen molar-refractivity contribution in [3.63, 3.8) is 0 Å². The summed E-state index contributed by atoms with van der Waals surface area (Å²) in [7, 11) is 0. The second-order valence-electron chi connectivity index (χ2n) is 5.74. The third kappa shape index (κ3) is 8.18. The van der Waals surface area contributed by atoms with Crippen LogP contribution in [-0.4, -0.2) is 48.1 Å². The van der Waals surface area contributed by atoms with Crippen molar-refractivity contribution in [3.8, 4) is 0 Å². The molecular formula is C14H29NO4. The number of nitrogens with one attached hydrogen (secondary N) is 1. The Bertz CT molecular complexity index is 268. The van der Waals surface area contributed by atoms with E-state index < -0.39 is 11.5 Å². The maximum atomic E-state index is 11.4. The average Bonchev–Trinajstić information content (AvgIpc) is 2.22. The van der Waals surface area contributed by atoms with Gasteiger partial charge >= 0.3 is 5.97 Å². The lowest BCUT2D eigenvalue weighted by molar-refractivity contribution is -0.146. The van der Waals surface area contributed by atoms with Crippen LogP contribution < -0.4 is 5.32 Å².